The van der Waals surface area contributed by atoms with Crippen LogP contribution in [0.1, 0.15) is 33.1 Å². The minimum Gasteiger partial charge on any atom is -0.383 e. The summed E-state index contributed by atoms with van der Waals surface area (Å²) in [6.07, 6.45) is 4.09. The number of methoxy groups -OCH3 is 1. The second kappa shape index (κ2) is 6.46. The standard InChI is InChI=1S/C12H25NO2/c1-4-5-12(6-8-15-11(12)2)10-13-7-9-14-3/h11,13H,4-10H2,1-3H3. The molecule has 2 atom stereocenters. The van der Waals surface area contributed by atoms with E-state index in [1.54, 1.807) is 7.11 Å². The van der Waals surface area contributed by atoms with Gasteiger partial charge in [-0.3, -0.25) is 0 Å². The largest absolute Gasteiger partial charge is 0.383 e. The molecule has 0 spiro atoms. The van der Waals surface area contributed by atoms with Crippen LogP contribution in [-0.2, 0) is 9.47 Å². The minimum atomic E-state index is 0.364. The van der Waals surface area contributed by atoms with Gasteiger partial charge in [-0.2, -0.15) is 0 Å². The highest BCUT2D eigenvalue weighted by Gasteiger charge is 2.39. The smallest absolute Gasteiger partial charge is 0.0616 e. The van der Waals surface area contributed by atoms with Crippen LogP contribution in [0.15, 0.2) is 0 Å². The van der Waals surface area contributed by atoms with Crippen molar-refractivity contribution in [3.05, 3.63) is 0 Å². The maximum atomic E-state index is 5.71. The van der Waals surface area contributed by atoms with E-state index in [1.165, 1.54) is 19.3 Å². The van der Waals surface area contributed by atoms with Gasteiger partial charge in [0.15, 0.2) is 0 Å². The van der Waals surface area contributed by atoms with Crippen LogP contribution in [0.4, 0.5) is 0 Å². The van der Waals surface area contributed by atoms with Crippen LogP contribution < -0.4 is 5.32 Å². The van der Waals surface area contributed by atoms with Gasteiger partial charge in [0, 0.05) is 32.2 Å². The predicted molar refractivity (Wildman–Crippen MR) is 62.1 cm³/mol. The molecule has 3 nitrogen and oxygen atoms in total. The van der Waals surface area contributed by atoms with Crippen LogP contribution in [0, 0.1) is 5.41 Å². The maximum Gasteiger partial charge on any atom is 0.0616 e. The second-order valence-electron chi connectivity index (χ2n) is 4.54. The summed E-state index contributed by atoms with van der Waals surface area (Å²) < 4.78 is 10.7. The van der Waals surface area contributed by atoms with Gasteiger partial charge in [0.1, 0.15) is 0 Å². The summed E-state index contributed by atoms with van der Waals surface area (Å²) in [6.45, 7) is 8.17. The van der Waals surface area contributed by atoms with E-state index in [4.69, 9.17) is 9.47 Å². The van der Waals surface area contributed by atoms with Gasteiger partial charge >= 0.3 is 0 Å². The van der Waals surface area contributed by atoms with E-state index >= 15 is 0 Å². The molecule has 1 saturated heterocycles. The molecule has 1 aliphatic rings. The van der Waals surface area contributed by atoms with Crippen molar-refractivity contribution in [2.24, 2.45) is 5.41 Å². The highest BCUT2D eigenvalue weighted by molar-refractivity contribution is 4.90. The molecule has 0 aromatic rings. The van der Waals surface area contributed by atoms with Crippen LogP contribution in [0.3, 0.4) is 0 Å². The average molecular weight is 215 g/mol. The van der Waals surface area contributed by atoms with Crippen molar-refractivity contribution in [3.8, 4) is 0 Å². The average Bonchev–Trinajstić information content (AvgIpc) is 2.57. The van der Waals surface area contributed by atoms with Crippen molar-refractivity contribution in [1.82, 2.24) is 5.32 Å². The summed E-state index contributed by atoms with van der Waals surface area (Å²) in [5.41, 5.74) is 0.364. The molecule has 1 heterocycles. The molecule has 0 bridgehead atoms. The summed E-state index contributed by atoms with van der Waals surface area (Å²) in [5, 5.41) is 3.48. The number of hydrogen-bond donors (Lipinski definition) is 1. The Hall–Kier alpha value is -0.120. The van der Waals surface area contributed by atoms with Crippen molar-refractivity contribution < 1.29 is 9.47 Å². The zero-order valence-electron chi connectivity index (χ0n) is 10.3. The fraction of sp³-hybridized carbons (Fsp3) is 1.00. The highest BCUT2D eigenvalue weighted by Crippen LogP contribution is 2.38. The molecule has 2 unspecified atom stereocenters. The molecule has 1 N–H and O–H groups in total. The van der Waals surface area contributed by atoms with Gasteiger partial charge in [-0.25, -0.2) is 0 Å². The van der Waals surface area contributed by atoms with Crippen molar-refractivity contribution in [2.75, 3.05) is 33.4 Å². The first-order chi connectivity index (χ1) is 7.25. The van der Waals surface area contributed by atoms with E-state index in [1.807, 2.05) is 0 Å². The van der Waals surface area contributed by atoms with E-state index in [-0.39, 0.29) is 0 Å². The van der Waals surface area contributed by atoms with Gasteiger partial charge in [0.2, 0.25) is 0 Å². The van der Waals surface area contributed by atoms with Gasteiger partial charge < -0.3 is 14.8 Å². The van der Waals surface area contributed by atoms with Gasteiger partial charge in [-0.05, 0) is 19.8 Å². The number of hydrogen-bond acceptors (Lipinski definition) is 3. The van der Waals surface area contributed by atoms with Crippen molar-refractivity contribution in [3.63, 3.8) is 0 Å². The number of rotatable bonds is 7. The quantitative estimate of drug-likeness (QED) is 0.657. The molecule has 0 aliphatic carbocycles. The van der Waals surface area contributed by atoms with E-state index in [0.29, 0.717) is 11.5 Å². The van der Waals surface area contributed by atoms with E-state index in [2.05, 4.69) is 19.2 Å². The van der Waals surface area contributed by atoms with E-state index < -0.39 is 0 Å². The SMILES string of the molecule is CCCC1(CNCCOC)CCOC1C. The molecule has 15 heavy (non-hydrogen) atoms. The van der Waals surface area contributed by atoms with E-state index in [0.717, 1.165) is 26.3 Å². The van der Waals surface area contributed by atoms with Crippen LogP contribution in [0.5, 0.6) is 0 Å². The Morgan fingerprint density at radius 2 is 2.33 bits per heavy atom. The van der Waals surface area contributed by atoms with Gasteiger partial charge in [0.25, 0.3) is 0 Å². The Kier molecular flexibility index (Phi) is 5.58. The molecular weight excluding hydrogens is 190 g/mol. The third kappa shape index (κ3) is 3.44. The van der Waals surface area contributed by atoms with Crippen LogP contribution in [0.25, 0.3) is 0 Å². The summed E-state index contributed by atoms with van der Waals surface area (Å²) in [4.78, 5) is 0. The lowest BCUT2D eigenvalue weighted by atomic mass is 9.77. The van der Waals surface area contributed by atoms with Gasteiger partial charge in [-0.15, -0.1) is 0 Å². The monoisotopic (exact) mass is 215 g/mol. The Morgan fingerprint density at radius 1 is 1.53 bits per heavy atom. The third-order valence-electron chi connectivity index (χ3n) is 3.54. The lowest BCUT2D eigenvalue weighted by molar-refractivity contribution is 0.0570. The Bertz CT molecular complexity index is 175. The molecule has 0 amide bonds. The molecule has 0 aromatic carbocycles. The van der Waals surface area contributed by atoms with Gasteiger partial charge in [-0.1, -0.05) is 13.3 Å². The molecule has 90 valence electrons. The normalized spacial score (nSPS) is 31.0. The zero-order valence-corrected chi connectivity index (χ0v) is 10.3. The van der Waals surface area contributed by atoms with Crippen LogP contribution in [-0.4, -0.2) is 39.5 Å². The first-order valence-electron chi connectivity index (χ1n) is 6.06. The fourth-order valence-electron chi connectivity index (χ4n) is 2.48. The number of nitrogens with one attached hydrogen (secondary N) is 1. The summed E-state index contributed by atoms with van der Waals surface area (Å²) in [7, 11) is 1.74. The topological polar surface area (TPSA) is 30.5 Å². The molecule has 1 fully saturated rings. The molecule has 0 saturated carbocycles. The zero-order chi connectivity index (χ0) is 11.1. The summed E-state index contributed by atoms with van der Waals surface area (Å²) in [5.74, 6) is 0. The molecule has 1 rings (SSSR count). The van der Waals surface area contributed by atoms with Gasteiger partial charge in [0.05, 0.1) is 12.7 Å². The van der Waals surface area contributed by atoms with Crippen molar-refractivity contribution in [2.45, 2.75) is 39.2 Å². The maximum absolute atomic E-state index is 5.71. The van der Waals surface area contributed by atoms with Crippen LogP contribution in [0.2, 0.25) is 0 Å². The molecule has 3 heteroatoms. The lowest BCUT2D eigenvalue weighted by Gasteiger charge is -2.32. The lowest BCUT2D eigenvalue weighted by Crippen LogP contribution is -2.40. The molecule has 1 aliphatic heterocycles. The van der Waals surface area contributed by atoms with Crippen LogP contribution >= 0.6 is 0 Å². The highest BCUT2D eigenvalue weighted by atomic mass is 16.5. The third-order valence-corrected chi connectivity index (χ3v) is 3.54. The Balaban J connectivity index is 2.36. The van der Waals surface area contributed by atoms with Crippen molar-refractivity contribution >= 4 is 0 Å². The molecule has 0 aromatic heterocycles. The molecule has 0 radical (unpaired) electrons. The van der Waals surface area contributed by atoms with Crippen molar-refractivity contribution in [1.29, 1.82) is 0 Å². The minimum absolute atomic E-state index is 0.364. The summed E-state index contributed by atoms with van der Waals surface area (Å²) in [6, 6.07) is 0. The number of ether oxygens (including phenoxy) is 2. The molecular formula is C12H25NO2. The first-order valence-corrected chi connectivity index (χ1v) is 6.06. The Labute approximate surface area is 93.5 Å². The fourth-order valence-corrected chi connectivity index (χ4v) is 2.48. The second-order valence-corrected chi connectivity index (χ2v) is 4.54. The Morgan fingerprint density at radius 3 is 2.87 bits per heavy atom. The first kappa shape index (κ1) is 12.9. The van der Waals surface area contributed by atoms with E-state index in [9.17, 15) is 0 Å². The summed E-state index contributed by atoms with van der Waals surface area (Å²) >= 11 is 0. The predicted octanol–water partition coefficient (Wildman–Crippen LogP) is 1.82.